The van der Waals surface area contributed by atoms with Gasteiger partial charge in [-0.15, -0.1) is 5.10 Å². The molecule has 8 heteroatoms. The summed E-state index contributed by atoms with van der Waals surface area (Å²) in [5, 5.41) is 12.8. The van der Waals surface area contributed by atoms with E-state index in [0.29, 0.717) is 17.5 Å². The van der Waals surface area contributed by atoms with Crippen LogP contribution < -0.4 is 5.32 Å². The van der Waals surface area contributed by atoms with Crippen LogP contribution in [0.3, 0.4) is 0 Å². The number of thioether (sulfide) groups is 1. The van der Waals surface area contributed by atoms with Gasteiger partial charge in [-0.05, 0) is 25.2 Å². The number of aromatic nitrogens is 5. The molecule has 0 radical (unpaired) electrons. The van der Waals surface area contributed by atoms with Crippen LogP contribution in [-0.2, 0) is 11.8 Å². The Balaban J connectivity index is 1.94. The lowest BCUT2D eigenvalue weighted by Crippen LogP contribution is -2.32. The van der Waals surface area contributed by atoms with Gasteiger partial charge in [-0.1, -0.05) is 11.8 Å². The monoisotopic (exact) mass is 316 g/mol. The first-order valence-electron chi connectivity index (χ1n) is 7.20. The van der Waals surface area contributed by atoms with Gasteiger partial charge in [0.15, 0.2) is 5.78 Å². The molecular formula is C14H16N6OS. The second kappa shape index (κ2) is 4.98. The van der Waals surface area contributed by atoms with Gasteiger partial charge in [0.25, 0.3) is 0 Å². The number of nitrogens with one attached hydrogen (secondary N) is 1. The van der Waals surface area contributed by atoms with Crippen LogP contribution in [-0.4, -0.2) is 36.6 Å². The van der Waals surface area contributed by atoms with Crippen LogP contribution in [0.1, 0.15) is 31.0 Å². The lowest BCUT2D eigenvalue weighted by Gasteiger charge is -2.31. The molecule has 1 aliphatic heterocycles. The Morgan fingerprint density at radius 1 is 1.41 bits per heavy atom. The van der Waals surface area contributed by atoms with Gasteiger partial charge < -0.3 is 5.32 Å². The van der Waals surface area contributed by atoms with Crippen molar-refractivity contribution in [3.8, 4) is 0 Å². The first-order valence-corrected chi connectivity index (χ1v) is 8.43. The highest BCUT2D eigenvalue weighted by atomic mass is 32.2. The number of hydrogen-bond donors (Lipinski definition) is 1. The van der Waals surface area contributed by atoms with Gasteiger partial charge in [0.05, 0.1) is 5.69 Å². The standard InChI is InChI=1S/C14H16N6OS/c1-19-9(6-7-15-19)12-11-8(4-3-5-10(11)21)16-13-17-14(22-2)18-20(12)13/h6-7,12H,3-5H2,1-2H3,(H,16,17,18)/t12-/m0/s1. The van der Waals surface area contributed by atoms with Gasteiger partial charge in [-0.25, -0.2) is 4.68 Å². The quantitative estimate of drug-likeness (QED) is 0.851. The van der Waals surface area contributed by atoms with Gasteiger partial charge in [0.2, 0.25) is 11.1 Å². The summed E-state index contributed by atoms with van der Waals surface area (Å²) in [5.41, 5.74) is 2.73. The van der Waals surface area contributed by atoms with E-state index in [9.17, 15) is 4.79 Å². The third-order valence-corrected chi connectivity index (χ3v) is 4.71. The number of fused-ring (bicyclic) bond motifs is 1. The largest absolute Gasteiger partial charge is 0.328 e. The van der Waals surface area contributed by atoms with E-state index in [2.05, 4.69) is 20.5 Å². The molecule has 0 bridgehead atoms. The SMILES string of the molecule is CSc1nc2n(n1)[C@@H](c1ccnn1C)C1=C(CCCC1=O)N2. The van der Waals surface area contributed by atoms with Crippen molar-refractivity contribution in [1.82, 2.24) is 24.5 Å². The number of carbonyl (C=O) groups is 1. The third kappa shape index (κ3) is 1.90. The van der Waals surface area contributed by atoms with E-state index >= 15 is 0 Å². The Hall–Kier alpha value is -2.09. The van der Waals surface area contributed by atoms with Crippen molar-refractivity contribution >= 4 is 23.5 Å². The number of aryl methyl sites for hydroxylation is 1. The van der Waals surface area contributed by atoms with E-state index in [1.54, 1.807) is 10.9 Å². The number of allylic oxidation sites excluding steroid dienone is 2. The van der Waals surface area contributed by atoms with Crippen molar-refractivity contribution in [2.24, 2.45) is 7.05 Å². The van der Waals surface area contributed by atoms with E-state index < -0.39 is 0 Å². The normalized spacial score (nSPS) is 20.6. The number of ketones is 1. The molecule has 2 aromatic rings. The molecule has 114 valence electrons. The summed E-state index contributed by atoms with van der Waals surface area (Å²) in [7, 11) is 1.89. The Labute approximate surface area is 131 Å². The number of Topliss-reactive ketones (excluding diaryl/α,β-unsaturated/α-hetero) is 1. The minimum absolute atomic E-state index is 0.187. The molecule has 0 unspecified atom stereocenters. The Kier molecular flexibility index (Phi) is 3.07. The molecule has 0 fully saturated rings. The fourth-order valence-electron chi connectivity index (χ4n) is 3.15. The van der Waals surface area contributed by atoms with Crippen LogP contribution in [0.25, 0.3) is 0 Å². The minimum atomic E-state index is -0.250. The molecule has 1 N–H and O–H groups in total. The van der Waals surface area contributed by atoms with Crippen molar-refractivity contribution in [2.45, 2.75) is 30.5 Å². The molecule has 1 atom stereocenters. The highest BCUT2D eigenvalue weighted by Gasteiger charge is 2.37. The fraction of sp³-hybridized carbons (Fsp3) is 0.429. The van der Waals surface area contributed by atoms with Crippen molar-refractivity contribution in [2.75, 3.05) is 11.6 Å². The molecule has 0 amide bonds. The molecule has 2 aliphatic rings. The molecule has 2 aromatic heterocycles. The molecule has 0 saturated carbocycles. The Bertz CT molecular complexity index is 789. The predicted octanol–water partition coefficient (Wildman–Crippen LogP) is 1.76. The zero-order valence-corrected chi connectivity index (χ0v) is 13.2. The summed E-state index contributed by atoms with van der Waals surface area (Å²) >= 11 is 1.49. The highest BCUT2D eigenvalue weighted by molar-refractivity contribution is 7.98. The van der Waals surface area contributed by atoms with Crippen LogP contribution >= 0.6 is 11.8 Å². The van der Waals surface area contributed by atoms with Crippen LogP contribution in [0.5, 0.6) is 0 Å². The maximum Gasteiger partial charge on any atom is 0.227 e. The molecule has 0 saturated heterocycles. The second-order valence-corrected chi connectivity index (χ2v) is 6.22. The lowest BCUT2D eigenvalue weighted by atomic mass is 9.87. The number of nitrogens with zero attached hydrogens (tertiary/aromatic N) is 5. The van der Waals surface area contributed by atoms with Crippen LogP contribution in [0.2, 0.25) is 0 Å². The van der Waals surface area contributed by atoms with Gasteiger partial charge >= 0.3 is 0 Å². The fourth-order valence-corrected chi connectivity index (χ4v) is 3.50. The molecule has 3 heterocycles. The maximum absolute atomic E-state index is 12.5. The van der Waals surface area contributed by atoms with Crippen LogP contribution in [0.15, 0.2) is 28.7 Å². The smallest absolute Gasteiger partial charge is 0.227 e. The third-order valence-electron chi connectivity index (χ3n) is 4.17. The number of hydrogen-bond acceptors (Lipinski definition) is 6. The Morgan fingerprint density at radius 3 is 3.00 bits per heavy atom. The van der Waals surface area contributed by atoms with Crippen LogP contribution in [0, 0.1) is 0 Å². The molecule has 0 aromatic carbocycles. The molecule has 22 heavy (non-hydrogen) atoms. The van der Waals surface area contributed by atoms with Crippen LogP contribution in [0.4, 0.5) is 5.95 Å². The summed E-state index contributed by atoms with van der Waals surface area (Å²) in [5.74, 6) is 0.885. The van der Waals surface area contributed by atoms with Crippen molar-refractivity contribution in [3.05, 3.63) is 29.2 Å². The lowest BCUT2D eigenvalue weighted by molar-refractivity contribution is -0.116. The molecule has 0 spiro atoms. The van der Waals surface area contributed by atoms with Gasteiger partial charge in [-0.3, -0.25) is 9.48 Å². The number of anilines is 1. The average molecular weight is 316 g/mol. The van der Waals surface area contributed by atoms with E-state index in [1.807, 2.05) is 24.1 Å². The summed E-state index contributed by atoms with van der Waals surface area (Å²) in [4.78, 5) is 17.0. The molecule has 7 nitrogen and oxygen atoms in total. The van der Waals surface area contributed by atoms with E-state index in [1.165, 1.54) is 11.8 Å². The van der Waals surface area contributed by atoms with Crippen molar-refractivity contribution in [3.63, 3.8) is 0 Å². The van der Waals surface area contributed by atoms with Crippen molar-refractivity contribution < 1.29 is 4.79 Å². The van der Waals surface area contributed by atoms with Gasteiger partial charge in [0.1, 0.15) is 6.04 Å². The van der Waals surface area contributed by atoms with E-state index in [4.69, 9.17) is 0 Å². The topological polar surface area (TPSA) is 77.6 Å². The van der Waals surface area contributed by atoms with E-state index in [0.717, 1.165) is 29.8 Å². The van der Waals surface area contributed by atoms with Gasteiger partial charge in [0, 0.05) is 30.9 Å². The van der Waals surface area contributed by atoms with Gasteiger partial charge in [-0.2, -0.15) is 10.1 Å². The number of rotatable bonds is 2. The summed E-state index contributed by atoms with van der Waals surface area (Å²) < 4.78 is 3.61. The summed E-state index contributed by atoms with van der Waals surface area (Å²) in [6, 6.07) is 1.69. The Morgan fingerprint density at radius 2 is 2.27 bits per heavy atom. The van der Waals surface area contributed by atoms with E-state index in [-0.39, 0.29) is 11.8 Å². The molecule has 1 aliphatic carbocycles. The maximum atomic E-state index is 12.5. The summed E-state index contributed by atoms with van der Waals surface area (Å²) in [6.45, 7) is 0. The zero-order valence-electron chi connectivity index (χ0n) is 12.4. The predicted molar refractivity (Wildman–Crippen MR) is 82.7 cm³/mol. The highest BCUT2D eigenvalue weighted by Crippen LogP contribution is 2.40. The van der Waals surface area contributed by atoms with Crippen molar-refractivity contribution in [1.29, 1.82) is 0 Å². The zero-order chi connectivity index (χ0) is 15.3. The second-order valence-electron chi connectivity index (χ2n) is 5.44. The number of carbonyl (C=O) groups excluding carboxylic acids is 1. The summed E-state index contributed by atoms with van der Waals surface area (Å²) in [6.07, 6.45) is 6.04. The first kappa shape index (κ1) is 13.6. The first-order chi connectivity index (χ1) is 10.7. The molecular weight excluding hydrogens is 300 g/mol. The minimum Gasteiger partial charge on any atom is -0.328 e. The average Bonchev–Trinajstić information content (AvgIpc) is 3.11. The molecule has 4 rings (SSSR count).